The number of hydrogen-bond acceptors (Lipinski definition) is 6. The van der Waals surface area contributed by atoms with Gasteiger partial charge in [0, 0.05) is 19.3 Å². The van der Waals surface area contributed by atoms with Crippen molar-refractivity contribution < 1.29 is 28.6 Å². The predicted molar refractivity (Wildman–Crippen MR) is 344 cm³/mol. The molecule has 0 aromatic rings. The van der Waals surface area contributed by atoms with E-state index in [4.69, 9.17) is 14.2 Å². The molecule has 0 rings (SSSR count). The van der Waals surface area contributed by atoms with Crippen LogP contribution in [0.15, 0.2) is 36.5 Å². The van der Waals surface area contributed by atoms with Crippen LogP contribution in [0.25, 0.3) is 0 Å². The molecule has 0 saturated carbocycles. The average molecular weight is 1110 g/mol. The van der Waals surface area contributed by atoms with E-state index >= 15 is 0 Å². The molecule has 1 atom stereocenters. The van der Waals surface area contributed by atoms with E-state index in [9.17, 15) is 14.4 Å². The van der Waals surface area contributed by atoms with E-state index in [0.29, 0.717) is 19.3 Å². The summed E-state index contributed by atoms with van der Waals surface area (Å²) in [5.41, 5.74) is 0. The zero-order chi connectivity index (χ0) is 57.1. The summed E-state index contributed by atoms with van der Waals surface area (Å²) in [4.78, 5) is 38.4. The Morgan fingerprint density at radius 2 is 0.494 bits per heavy atom. The van der Waals surface area contributed by atoms with Crippen LogP contribution in [0.1, 0.15) is 393 Å². The Hall–Kier alpha value is -2.37. The fourth-order valence-electron chi connectivity index (χ4n) is 10.9. The lowest BCUT2D eigenvalue weighted by atomic mass is 10.0. The van der Waals surface area contributed by atoms with Crippen LogP contribution >= 0.6 is 0 Å². The second-order valence-corrected chi connectivity index (χ2v) is 24.1. The largest absolute Gasteiger partial charge is 0.462 e. The SMILES string of the molecule is CC/C=C\C/C=C\C/C=C\CCCCCCCC(=O)OCC(COC(=O)CCCCCCCCCCCCCCCCCCCCCCCCCCCCC)OC(=O)CCCCCCCCCCCCCCCCCCCCC. The van der Waals surface area contributed by atoms with Crippen molar-refractivity contribution in [2.45, 2.75) is 399 Å². The number of carbonyl (C=O) groups excluding carboxylic acids is 3. The molecule has 0 saturated heterocycles. The van der Waals surface area contributed by atoms with Gasteiger partial charge in [0.2, 0.25) is 0 Å². The second kappa shape index (κ2) is 68.1. The first-order valence-corrected chi connectivity index (χ1v) is 35.5. The van der Waals surface area contributed by atoms with E-state index in [2.05, 4.69) is 57.2 Å². The fraction of sp³-hybridized carbons (Fsp3) is 0.877. The summed E-state index contributed by atoms with van der Waals surface area (Å²) in [5, 5.41) is 0. The maximum Gasteiger partial charge on any atom is 0.306 e. The Balaban J connectivity index is 4.22. The number of unbranched alkanes of at least 4 members (excludes halogenated alkanes) is 49. The van der Waals surface area contributed by atoms with Crippen LogP contribution in [0.5, 0.6) is 0 Å². The first kappa shape index (κ1) is 76.6. The number of hydrogen-bond donors (Lipinski definition) is 0. The van der Waals surface area contributed by atoms with E-state index in [1.165, 1.54) is 257 Å². The Morgan fingerprint density at radius 3 is 0.772 bits per heavy atom. The molecule has 0 bridgehead atoms. The van der Waals surface area contributed by atoms with Gasteiger partial charge >= 0.3 is 17.9 Å². The molecule has 0 spiro atoms. The first-order chi connectivity index (χ1) is 39.0. The Bertz CT molecular complexity index is 1320. The van der Waals surface area contributed by atoms with Gasteiger partial charge in [0.1, 0.15) is 13.2 Å². The number of esters is 3. The van der Waals surface area contributed by atoms with Gasteiger partial charge in [-0.3, -0.25) is 14.4 Å². The molecule has 0 aliphatic heterocycles. The highest BCUT2D eigenvalue weighted by molar-refractivity contribution is 5.71. The van der Waals surface area contributed by atoms with Crippen LogP contribution in [0.3, 0.4) is 0 Å². The van der Waals surface area contributed by atoms with Crippen molar-refractivity contribution in [1.82, 2.24) is 0 Å². The Morgan fingerprint density at radius 1 is 0.266 bits per heavy atom. The lowest BCUT2D eigenvalue weighted by Crippen LogP contribution is -2.30. The standard InChI is InChI=1S/C73H136O6/c1-4-7-10-13-16-19-22-25-28-30-32-33-34-35-36-37-38-39-41-42-45-48-51-54-57-60-63-66-72(75)78-69-70(68-77-71(74)65-62-59-56-53-50-47-44-27-24-21-18-15-12-9-6-3)79-73(76)67-64-61-58-55-52-49-46-43-40-31-29-26-23-20-17-14-11-8-5-2/h9,12,18,21,27,44,70H,4-8,10-11,13-17,19-20,22-26,28-43,45-69H2,1-3H3/b12-9-,21-18-,44-27-. The van der Waals surface area contributed by atoms with E-state index in [-0.39, 0.29) is 31.1 Å². The van der Waals surface area contributed by atoms with Crippen LogP contribution in [-0.4, -0.2) is 37.2 Å². The molecule has 0 N–H and O–H groups in total. The third kappa shape index (κ3) is 66.3. The van der Waals surface area contributed by atoms with E-state index in [1.807, 2.05) is 0 Å². The summed E-state index contributed by atoms with van der Waals surface area (Å²) < 4.78 is 17.0. The quantitative estimate of drug-likeness (QED) is 0.0261. The lowest BCUT2D eigenvalue weighted by Gasteiger charge is -2.18. The monoisotopic (exact) mass is 1110 g/mol. The molecule has 0 aromatic heterocycles. The molecule has 464 valence electrons. The second-order valence-electron chi connectivity index (χ2n) is 24.1. The van der Waals surface area contributed by atoms with Crippen molar-refractivity contribution in [2.75, 3.05) is 13.2 Å². The number of carbonyl (C=O) groups is 3. The van der Waals surface area contributed by atoms with Gasteiger partial charge in [0.25, 0.3) is 0 Å². The lowest BCUT2D eigenvalue weighted by molar-refractivity contribution is -0.167. The number of rotatable bonds is 66. The number of allylic oxidation sites excluding steroid dienone is 6. The fourth-order valence-corrected chi connectivity index (χ4v) is 10.9. The summed E-state index contributed by atoms with van der Waals surface area (Å²) in [5.74, 6) is -0.859. The summed E-state index contributed by atoms with van der Waals surface area (Å²) >= 11 is 0. The topological polar surface area (TPSA) is 78.9 Å². The zero-order valence-corrected chi connectivity index (χ0v) is 53.4. The smallest absolute Gasteiger partial charge is 0.306 e. The van der Waals surface area contributed by atoms with Crippen molar-refractivity contribution in [1.29, 1.82) is 0 Å². The predicted octanol–water partition coefficient (Wildman–Crippen LogP) is 24.3. The van der Waals surface area contributed by atoms with Crippen LogP contribution in [0.4, 0.5) is 0 Å². The summed E-state index contributed by atoms with van der Waals surface area (Å²) in [6, 6.07) is 0. The summed E-state index contributed by atoms with van der Waals surface area (Å²) in [7, 11) is 0. The Kier molecular flexibility index (Phi) is 66.1. The van der Waals surface area contributed by atoms with Crippen molar-refractivity contribution in [3.63, 3.8) is 0 Å². The van der Waals surface area contributed by atoms with Gasteiger partial charge in [-0.2, -0.15) is 0 Å². The minimum absolute atomic E-state index is 0.0718. The minimum Gasteiger partial charge on any atom is -0.462 e. The van der Waals surface area contributed by atoms with Crippen molar-refractivity contribution in [3.05, 3.63) is 36.5 Å². The molecule has 0 aliphatic rings. The van der Waals surface area contributed by atoms with Gasteiger partial charge in [-0.15, -0.1) is 0 Å². The van der Waals surface area contributed by atoms with Gasteiger partial charge in [-0.1, -0.05) is 359 Å². The molecule has 0 aliphatic carbocycles. The highest BCUT2D eigenvalue weighted by atomic mass is 16.6. The zero-order valence-electron chi connectivity index (χ0n) is 53.4. The van der Waals surface area contributed by atoms with Gasteiger partial charge in [-0.05, 0) is 51.4 Å². The maximum absolute atomic E-state index is 12.9. The van der Waals surface area contributed by atoms with Gasteiger partial charge in [0.15, 0.2) is 6.10 Å². The molecule has 79 heavy (non-hydrogen) atoms. The number of ether oxygens (including phenoxy) is 3. The van der Waals surface area contributed by atoms with Crippen LogP contribution in [-0.2, 0) is 28.6 Å². The first-order valence-electron chi connectivity index (χ1n) is 35.5. The highest BCUT2D eigenvalue weighted by Gasteiger charge is 2.19. The third-order valence-corrected chi connectivity index (χ3v) is 16.2. The normalized spacial score (nSPS) is 12.2. The van der Waals surface area contributed by atoms with E-state index in [0.717, 1.165) is 96.3 Å². The molecule has 0 heterocycles. The molecule has 0 fully saturated rings. The van der Waals surface area contributed by atoms with Crippen LogP contribution in [0, 0.1) is 0 Å². The molecule has 0 radical (unpaired) electrons. The van der Waals surface area contributed by atoms with Crippen molar-refractivity contribution >= 4 is 17.9 Å². The minimum atomic E-state index is -0.777. The van der Waals surface area contributed by atoms with Crippen molar-refractivity contribution in [2.24, 2.45) is 0 Å². The molecule has 1 unspecified atom stereocenters. The molecule has 0 amide bonds. The molecular formula is C73H136O6. The average Bonchev–Trinajstić information content (AvgIpc) is 3.45. The molecule has 6 nitrogen and oxygen atoms in total. The van der Waals surface area contributed by atoms with Gasteiger partial charge < -0.3 is 14.2 Å². The van der Waals surface area contributed by atoms with Crippen molar-refractivity contribution in [3.8, 4) is 0 Å². The summed E-state index contributed by atoms with van der Waals surface area (Å²) in [6.45, 7) is 6.60. The maximum atomic E-state index is 12.9. The van der Waals surface area contributed by atoms with Crippen LogP contribution < -0.4 is 0 Å². The Labute approximate surface area is 493 Å². The summed E-state index contributed by atoms with van der Waals surface area (Å²) in [6.07, 6.45) is 84.7. The van der Waals surface area contributed by atoms with E-state index in [1.54, 1.807) is 0 Å². The van der Waals surface area contributed by atoms with Crippen LogP contribution in [0.2, 0.25) is 0 Å². The molecule has 0 aromatic carbocycles. The molecule has 6 heteroatoms. The van der Waals surface area contributed by atoms with Gasteiger partial charge in [0.05, 0.1) is 0 Å². The van der Waals surface area contributed by atoms with E-state index < -0.39 is 6.10 Å². The third-order valence-electron chi connectivity index (χ3n) is 16.2. The highest BCUT2D eigenvalue weighted by Crippen LogP contribution is 2.19. The van der Waals surface area contributed by atoms with Gasteiger partial charge in [-0.25, -0.2) is 0 Å². The molecular weight excluding hydrogens is 973 g/mol.